The average Bonchev–Trinajstić information content (AvgIpc) is 2.54. The second-order valence-corrected chi connectivity index (χ2v) is 5.53. The van der Waals surface area contributed by atoms with Gasteiger partial charge in [-0.2, -0.15) is 0 Å². The molecular formula is C12H22O11. The van der Waals surface area contributed by atoms with Crippen molar-refractivity contribution in [1.29, 1.82) is 0 Å². The van der Waals surface area contributed by atoms with Crippen LogP contribution in [0.1, 0.15) is 0 Å². The number of hydrogen-bond acceptors (Lipinski definition) is 11. The van der Waals surface area contributed by atoms with Crippen molar-refractivity contribution in [1.82, 2.24) is 0 Å². The molecule has 0 aliphatic carbocycles. The van der Waals surface area contributed by atoms with Crippen LogP contribution in [0.3, 0.4) is 0 Å². The SMILES string of the molecule is OC[C@@H]1O[C@@H](O[C@@H]2[C@H](O)[C@H](O)O[C@H](CO)[C@H]2O)[C@@H](O)[C@H](O)[C@H]1O. The van der Waals surface area contributed by atoms with E-state index in [0.717, 1.165) is 0 Å². The molecule has 0 aromatic rings. The van der Waals surface area contributed by atoms with Gasteiger partial charge in [-0.3, -0.25) is 0 Å². The monoisotopic (exact) mass is 342 g/mol. The standard InChI is InChI=1S/C12H22O11/c13-1-3-5(15)7(17)8(18)12(22-3)23-10-6(16)4(2-14)21-11(20)9(10)19/h3-20H,1-2H2/t3-,4+,5-,6+,7+,8-,9-,10-,11+,12-/m0/s1. The van der Waals surface area contributed by atoms with Crippen molar-refractivity contribution >= 4 is 0 Å². The Kier molecular flexibility index (Phi) is 6.27. The van der Waals surface area contributed by atoms with Crippen molar-refractivity contribution < 1.29 is 55.1 Å². The van der Waals surface area contributed by atoms with E-state index in [0.29, 0.717) is 0 Å². The molecule has 23 heavy (non-hydrogen) atoms. The molecule has 0 saturated carbocycles. The topological polar surface area (TPSA) is 190 Å². The molecule has 136 valence electrons. The number of aliphatic hydroxyl groups excluding tert-OH is 8. The number of aliphatic hydroxyl groups is 8. The molecule has 2 fully saturated rings. The normalized spacial score (nSPS) is 51.7. The largest absolute Gasteiger partial charge is 0.394 e. The highest BCUT2D eigenvalue weighted by Crippen LogP contribution is 2.28. The molecule has 0 radical (unpaired) electrons. The van der Waals surface area contributed by atoms with Crippen LogP contribution in [0.15, 0.2) is 0 Å². The molecule has 2 heterocycles. The fraction of sp³-hybridized carbons (Fsp3) is 1.00. The minimum atomic E-state index is -1.76. The molecule has 11 heteroatoms. The van der Waals surface area contributed by atoms with Gasteiger partial charge in [0, 0.05) is 0 Å². The maximum absolute atomic E-state index is 10.00. The third kappa shape index (κ3) is 3.65. The van der Waals surface area contributed by atoms with Gasteiger partial charge in [0.15, 0.2) is 12.6 Å². The van der Waals surface area contributed by atoms with Gasteiger partial charge in [0.2, 0.25) is 0 Å². The van der Waals surface area contributed by atoms with Crippen LogP contribution in [-0.4, -0.2) is 115 Å². The van der Waals surface area contributed by atoms with Crippen LogP contribution in [0.25, 0.3) is 0 Å². The molecule has 2 aliphatic heterocycles. The van der Waals surface area contributed by atoms with E-state index in [1.165, 1.54) is 0 Å². The predicted octanol–water partition coefficient (Wildman–Crippen LogP) is -5.40. The van der Waals surface area contributed by atoms with Crippen LogP contribution in [0.2, 0.25) is 0 Å². The highest BCUT2D eigenvalue weighted by Gasteiger charge is 2.50. The molecule has 2 rings (SSSR count). The predicted molar refractivity (Wildman–Crippen MR) is 68.6 cm³/mol. The molecule has 11 nitrogen and oxygen atoms in total. The lowest BCUT2D eigenvalue weighted by molar-refractivity contribution is -0.355. The number of ether oxygens (including phenoxy) is 3. The van der Waals surface area contributed by atoms with Crippen molar-refractivity contribution in [2.45, 2.75) is 61.4 Å². The lowest BCUT2D eigenvalue weighted by Crippen LogP contribution is -2.64. The fourth-order valence-electron chi connectivity index (χ4n) is 2.56. The van der Waals surface area contributed by atoms with Crippen molar-refractivity contribution in [2.24, 2.45) is 0 Å². The van der Waals surface area contributed by atoms with Gasteiger partial charge >= 0.3 is 0 Å². The zero-order chi connectivity index (χ0) is 17.3. The van der Waals surface area contributed by atoms with Crippen molar-refractivity contribution in [3.8, 4) is 0 Å². The van der Waals surface area contributed by atoms with E-state index in [1.807, 2.05) is 0 Å². The van der Waals surface area contributed by atoms with Crippen LogP contribution in [0.4, 0.5) is 0 Å². The smallest absolute Gasteiger partial charge is 0.187 e. The van der Waals surface area contributed by atoms with Crippen molar-refractivity contribution in [3.63, 3.8) is 0 Å². The van der Waals surface area contributed by atoms with Crippen LogP contribution < -0.4 is 0 Å². The Morgan fingerprint density at radius 3 is 1.78 bits per heavy atom. The Labute approximate surface area is 130 Å². The quantitative estimate of drug-likeness (QED) is 0.243. The summed E-state index contributed by atoms with van der Waals surface area (Å²) >= 11 is 0. The summed E-state index contributed by atoms with van der Waals surface area (Å²) < 4.78 is 15.1. The first-order chi connectivity index (χ1) is 10.8. The van der Waals surface area contributed by atoms with Gasteiger partial charge in [-0.25, -0.2) is 0 Å². The molecule has 8 N–H and O–H groups in total. The van der Waals surface area contributed by atoms with Gasteiger partial charge in [0.05, 0.1) is 13.2 Å². The second kappa shape index (κ2) is 7.63. The maximum Gasteiger partial charge on any atom is 0.187 e. The third-order valence-electron chi connectivity index (χ3n) is 3.98. The van der Waals surface area contributed by atoms with Gasteiger partial charge in [-0.05, 0) is 0 Å². The molecule has 0 aromatic carbocycles. The summed E-state index contributed by atoms with van der Waals surface area (Å²) in [6.07, 6.45) is -15.7. The minimum Gasteiger partial charge on any atom is -0.394 e. The molecule has 0 unspecified atom stereocenters. The molecule has 10 atom stereocenters. The Hall–Kier alpha value is -0.440. The number of rotatable bonds is 4. The van der Waals surface area contributed by atoms with E-state index in [9.17, 15) is 30.6 Å². The van der Waals surface area contributed by atoms with E-state index < -0.39 is 74.6 Å². The summed E-state index contributed by atoms with van der Waals surface area (Å²) in [5.74, 6) is 0. The Bertz CT molecular complexity index is 380. The number of hydrogen-bond donors (Lipinski definition) is 8. The van der Waals surface area contributed by atoms with E-state index >= 15 is 0 Å². The first kappa shape index (κ1) is 18.9. The molecule has 0 aromatic heterocycles. The molecule has 0 spiro atoms. The average molecular weight is 342 g/mol. The zero-order valence-electron chi connectivity index (χ0n) is 12.0. The maximum atomic E-state index is 10.00. The van der Waals surface area contributed by atoms with E-state index in [1.54, 1.807) is 0 Å². The molecular weight excluding hydrogens is 320 g/mol. The first-order valence-corrected chi connectivity index (χ1v) is 7.08. The van der Waals surface area contributed by atoms with Gasteiger partial charge in [0.1, 0.15) is 48.8 Å². The molecule has 0 amide bonds. The van der Waals surface area contributed by atoms with Crippen molar-refractivity contribution in [2.75, 3.05) is 13.2 Å². The highest BCUT2D eigenvalue weighted by molar-refractivity contribution is 4.93. The lowest BCUT2D eigenvalue weighted by atomic mass is 9.97. The summed E-state index contributed by atoms with van der Waals surface area (Å²) in [6.45, 7) is -1.34. The third-order valence-corrected chi connectivity index (χ3v) is 3.98. The van der Waals surface area contributed by atoms with Crippen LogP contribution in [-0.2, 0) is 14.2 Å². The molecule has 0 bridgehead atoms. The highest BCUT2D eigenvalue weighted by atomic mass is 16.7. The van der Waals surface area contributed by atoms with Gasteiger partial charge in [-0.1, -0.05) is 0 Å². The van der Waals surface area contributed by atoms with Gasteiger partial charge < -0.3 is 55.1 Å². The summed E-state index contributed by atoms with van der Waals surface area (Å²) in [7, 11) is 0. The van der Waals surface area contributed by atoms with Crippen LogP contribution in [0, 0.1) is 0 Å². The lowest BCUT2D eigenvalue weighted by Gasteiger charge is -2.45. The van der Waals surface area contributed by atoms with Crippen molar-refractivity contribution in [3.05, 3.63) is 0 Å². The van der Waals surface area contributed by atoms with E-state index in [2.05, 4.69) is 0 Å². The molecule has 2 saturated heterocycles. The van der Waals surface area contributed by atoms with Gasteiger partial charge in [0.25, 0.3) is 0 Å². The Morgan fingerprint density at radius 2 is 1.22 bits per heavy atom. The fourth-order valence-corrected chi connectivity index (χ4v) is 2.56. The van der Waals surface area contributed by atoms with E-state index in [4.69, 9.17) is 24.4 Å². The summed E-state index contributed by atoms with van der Waals surface area (Å²) in [5, 5.41) is 76.8. The Morgan fingerprint density at radius 1 is 0.652 bits per heavy atom. The minimum absolute atomic E-state index is 0.667. The van der Waals surface area contributed by atoms with Gasteiger partial charge in [-0.15, -0.1) is 0 Å². The second-order valence-electron chi connectivity index (χ2n) is 5.53. The van der Waals surface area contributed by atoms with E-state index in [-0.39, 0.29) is 0 Å². The zero-order valence-corrected chi connectivity index (χ0v) is 12.0. The van der Waals surface area contributed by atoms with Crippen LogP contribution >= 0.6 is 0 Å². The first-order valence-electron chi connectivity index (χ1n) is 7.08. The summed E-state index contributed by atoms with van der Waals surface area (Å²) in [5.41, 5.74) is 0. The summed E-state index contributed by atoms with van der Waals surface area (Å²) in [6, 6.07) is 0. The van der Waals surface area contributed by atoms with Crippen LogP contribution in [0.5, 0.6) is 0 Å². The molecule has 2 aliphatic rings. The Balaban J connectivity index is 2.11. The summed E-state index contributed by atoms with van der Waals surface area (Å²) in [4.78, 5) is 0.